The third kappa shape index (κ3) is 6.12. The van der Waals surface area contributed by atoms with E-state index in [9.17, 15) is 4.79 Å². The Bertz CT molecular complexity index is 471. The van der Waals surface area contributed by atoms with Crippen LogP contribution in [0, 0.1) is 12.8 Å². The highest BCUT2D eigenvalue weighted by molar-refractivity contribution is 5.79. The number of aromatic nitrogens is 1. The molecule has 1 rings (SSSR count). The number of nitrogens with one attached hydrogen (secondary N) is 1. The van der Waals surface area contributed by atoms with Crippen LogP contribution in [0.15, 0.2) is 12.3 Å². The second kappa shape index (κ2) is 7.98. The van der Waals surface area contributed by atoms with Crippen LogP contribution in [0.1, 0.15) is 38.8 Å². The molecule has 21 heavy (non-hydrogen) atoms. The first-order valence-electron chi connectivity index (χ1n) is 7.51. The van der Waals surface area contributed by atoms with E-state index < -0.39 is 0 Å². The highest BCUT2D eigenvalue weighted by Crippen LogP contribution is 2.19. The molecule has 0 atom stereocenters. The maximum Gasteiger partial charge on any atom is 0.236 e. The monoisotopic (exact) mass is 292 g/mol. The molecule has 1 heterocycles. The summed E-state index contributed by atoms with van der Waals surface area (Å²) in [7, 11) is 0. The number of pyridine rings is 1. The lowest BCUT2D eigenvalue weighted by Gasteiger charge is -2.26. The van der Waals surface area contributed by atoms with Gasteiger partial charge in [0.2, 0.25) is 5.91 Å². The van der Waals surface area contributed by atoms with Gasteiger partial charge in [-0.3, -0.25) is 4.79 Å². The van der Waals surface area contributed by atoms with Gasteiger partial charge in [-0.2, -0.15) is 0 Å². The van der Waals surface area contributed by atoms with Crippen LogP contribution >= 0.6 is 0 Å². The number of rotatable bonds is 8. The summed E-state index contributed by atoms with van der Waals surface area (Å²) in [6.07, 6.45) is 1.87. The molecule has 1 aromatic heterocycles. The van der Waals surface area contributed by atoms with Crippen molar-refractivity contribution in [2.45, 2.75) is 47.2 Å². The number of nitrogens with zero attached hydrogens (tertiary/aromatic N) is 2. The Morgan fingerprint density at radius 2 is 2.05 bits per heavy atom. The number of anilines is 1. The van der Waals surface area contributed by atoms with Gasteiger partial charge in [0.1, 0.15) is 5.82 Å². The van der Waals surface area contributed by atoms with Crippen LogP contribution in [-0.2, 0) is 11.3 Å². The molecule has 3 N–H and O–H groups in total. The average molecular weight is 292 g/mol. The molecule has 0 spiro atoms. The second-order valence-corrected chi connectivity index (χ2v) is 6.26. The summed E-state index contributed by atoms with van der Waals surface area (Å²) < 4.78 is 0. The quantitative estimate of drug-likeness (QED) is 0.767. The highest BCUT2D eigenvalue weighted by atomic mass is 16.1. The van der Waals surface area contributed by atoms with Crippen molar-refractivity contribution in [3.63, 3.8) is 0 Å². The minimum atomic E-state index is -0.331. The summed E-state index contributed by atoms with van der Waals surface area (Å²) in [6.45, 7) is 12.3. The van der Waals surface area contributed by atoms with E-state index in [1.54, 1.807) is 0 Å². The van der Waals surface area contributed by atoms with Crippen molar-refractivity contribution in [1.29, 1.82) is 0 Å². The summed E-state index contributed by atoms with van der Waals surface area (Å²) in [5.41, 5.74) is 7.57. The van der Waals surface area contributed by atoms with Crippen LogP contribution in [-0.4, -0.2) is 30.0 Å². The number of carbonyl (C=O) groups is 1. The fourth-order valence-electron chi connectivity index (χ4n) is 2.23. The van der Waals surface area contributed by atoms with E-state index in [-0.39, 0.29) is 12.5 Å². The molecule has 0 radical (unpaired) electrons. The summed E-state index contributed by atoms with van der Waals surface area (Å²) in [5, 5.41) is 3.37. The Balaban J connectivity index is 2.90. The Morgan fingerprint density at radius 1 is 1.38 bits per heavy atom. The number of carbonyl (C=O) groups excluding carboxylic acids is 1. The molecular formula is C16H28N4O. The fraction of sp³-hybridized carbons (Fsp3) is 0.625. The smallest absolute Gasteiger partial charge is 0.236 e. The van der Waals surface area contributed by atoms with Crippen molar-refractivity contribution in [3.8, 4) is 0 Å². The number of aryl methyl sites for hydroxylation is 1. The molecule has 0 aliphatic carbocycles. The minimum absolute atomic E-state index is 0.204. The van der Waals surface area contributed by atoms with Crippen LogP contribution in [0.2, 0.25) is 0 Å². The van der Waals surface area contributed by atoms with Crippen molar-refractivity contribution < 1.29 is 4.79 Å². The summed E-state index contributed by atoms with van der Waals surface area (Å²) in [4.78, 5) is 17.8. The van der Waals surface area contributed by atoms with E-state index in [4.69, 9.17) is 5.73 Å². The molecule has 0 unspecified atom stereocenters. The molecule has 0 aliphatic rings. The summed E-state index contributed by atoms with van der Waals surface area (Å²) in [5.74, 6) is 0.950. The third-order valence-corrected chi connectivity index (χ3v) is 3.05. The Hall–Kier alpha value is -1.62. The average Bonchev–Trinajstić information content (AvgIpc) is 2.34. The van der Waals surface area contributed by atoms with Gasteiger partial charge >= 0.3 is 0 Å². The predicted octanol–water partition coefficient (Wildman–Crippen LogP) is 1.84. The first-order valence-corrected chi connectivity index (χ1v) is 7.51. The fourth-order valence-corrected chi connectivity index (χ4v) is 2.23. The van der Waals surface area contributed by atoms with Crippen LogP contribution in [0.4, 0.5) is 5.82 Å². The number of nitrogens with two attached hydrogens (primary N) is 1. The molecule has 0 saturated heterocycles. The van der Waals surface area contributed by atoms with Crippen LogP contribution < -0.4 is 16.0 Å². The van der Waals surface area contributed by atoms with Gasteiger partial charge in [-0.1, -0.05) is 27.7 Å². The standard InChI is InChI=1S/C16H28N4O/c1-11(2)9-20(10-15(17)21)16-13(5)6-14(8-19-16)7-18-12(3)4/h6,8,11-12,18H,7,9-10H2,1-5H3,(H2,17,21). The predicted molar refractivity (Wildman–Crippen MR) is 87.2 cm³/mol. The van der Waals surface area contributed by atoms with E-state index in [0.717, 1.165) is 30.0 Å². The maximum absolute atomic E-state index is 11.3. The van der Waals surface area contributed by atoms with E-state index in [0.29, 0.717) is 12.0 Å². The second-order valence-electron chi connectivity index (χ2n) is 6.26. The first kappa shape index (κ1) is 17.4. The lowest BCUT2D eigenvalue weighted by atomic mass is 10.1. The lowest BCUT2D eigenvalue weighted by Crippen LogP contribution is -2.37. The molecule has 0 aromatic carbocycles. The van der Waals surface area contributed by atoms with Crippen LogP contribution in [0.5, 0.6) is 0 Å². The van der Waals surface area contributed by atoms with Gasteiger partial charge in [0.25, 0.3) is 0 Å². The van der Waals surface area contributed by atoms with Gasteiger partial charge < -0.3 is 16.0 Å². The van der Waals surface area contributed by atoms with E-state index in [1.807, 2.05) is 18.0 Å². The lowest BCUT2D eigenvalue weighted by molar-refractivity contribution is -0.116. The van der Waals surface area contributed by atoms with Crippen molar-refractivity contribution in [2.24, 2.45) is 11.7 Å². The number of amides is 1. The van der Waals surface area contributed by atoms with Crippen molar-refractivity contribution in [1.82, 2.24) is 10.3 Å². The molecule has 0 fully saturated rings. The molecule has 118 valence electrons. The van der Waals surface area contributed by atoms with Gasteiger partial charge in [0, 0.05) is 25.3 Å². The van der Waals surface area contributed by atoms with E-state index in [1.165, 1.54) is 0 Å². The van der Waals surface area contributed by atoms with Gasteiger partial charge in [-0.15, -0.1) is 0 Å². The van der Waals surface area contributed by atoms with E-state index in [2.05, 4.69) is 44.1 Å². The summed E-state index contributed by atoms with van der Waals surface area (Å²) in [6, 6.07) is 2.56. The van der Waals surface area contributed by atoms with Gasteiger partial charge in [0.15, 0.2) is 0 Å². The minimum Gasteiger partial charge on any atom is -0.368 e. The number of hydrogen-bond acceptors (Lipinski definition) is 4. The van der Waals surface area contributed by atoms with Crippen molar-refractivity contribution >= 4 is 11.7 Å². The molecule has 1 aromatic rings. The van der Waals surface area contributed by atoms with Crippen molar-refractivity contribution in [3.05, 3.63) is 23.4 Å². The zero-order valence-electron chi connectivity index (χ0n) is 13.8. The van der Waals surface area contributed by atoms with E-state index >= 15 is 0 Å². The first-order chi connectivity index (χ1) is 9.79. The molecule has 0 aliphatic heterocycles. The SMILES string of the molecule is Cc1cc(CNC(C)C)cnc1N(CC(N)=O)CC(C)C. The highest BCUT2D eigenvalue weighted by Gasteiger charge is 2.15. The Kier molecular flexibility index (Phi) is 6.62. The third-order valence-electron chi connectivity index (χ3n) is 3.05. The maximum atomic E-state index is 11.3. The normalized spacial score (nSPS) is 11.2. The summed E-state index contributed by atoms with van der Waals surface area (Å²) >= 11 is 0. The van der Waals surface area contributed by atoms with Gasteiger partial charge in [0.05, 0.1) is 6.54 Å². The molecule has 0 saturated carbocycles. The van der Waals surface area contributed by atoms with Crippen LogP contribution in [0.3, 0.4) is 0 Å². The Morgan fingerprint density at radius 3 is 2.52 bits per heavy atom. The number of hydrogen-bond donors (Lipinski definition) is 2. The topological polar surface area (TPSA) is 71.2 Å². The molecule has 1 amide bonds. The van der Waals surface area contributed by atoms with Crippen molar-refractivity contribution in [2.75, 3.05) is 18.0 Å². The molecule has 5 nitrogen and oxygen atoms in total. The van der Waals surface area contributed by atoms with Gasteiger partial charge in [-0.25, -0.2) is 4.98 Å². The zero-order chi connectivity index (χ0) is 16.0. The Labute approximate surface area is 127 Å². The number of primary amides is 1. The largest absolute Gasteiger partial charge is 0.368 e. The van der Waals surface area contributed by atoms with Gasteiger partial charge in [-0.05, 0) is 30.0 Å². The molecule has 5 heteroatoms. The van der Waals surface area contributed by atoms with Crippen LogP contribution in [0.25, 0.3) is 0 Å². The molecular weight excluding hydrogens is 264 g/mol. The zero-order valence-corrected chi connectivity index (χ0v) is 13.8. The molecule has 0 bridgehead atoms.